The van der Waals surface area contributed by atoms with E-state index in [1.165, 1.54) is 6.42 Å². The summed E-state index contributed by atoms with van der Waals surface area (Å²) in [7, 11) is 0. The Morgan fingerprint density at radius 2 is 2.21 bits per heavy atom. The number of Topliss-reactive ketones (excluding diaryl/α,β-unsaturated/α-hetero) is 1. The molecule has 0 aromatic heterocycles. The van der Waals surface area contributed by atoms with Gasteiger partial charge in [-0.2, -0.15) is 0 Å². The average Bonchev–Trinajstić information content (AvgIpc) is 2.93. The zero-order chi connectivity index (χ0) is 13.3. The summed E-state index contributed by atoms with van der Waals surface area (Å²) in [5, 5.41) is 10.6. The Kier molecular flexibility index (Phi) is 3.92. The summed E-state index contributed by atoms with van der Waals surface area (Å²) in [5.74, 6) is 0.827. The summed E-state index contributed by atoms with van der Waals surface area (Å²) in [6, 6.07) is 0. The maximum Gasteiger partial charge on any atom is 0.152 e. The summed E-state index contributed by atoms with van der Waals surface area (Å²) in [6.07, 6.45) is 6.19. The van der Waals surface area contributed by atoms with Crippen molar-refractivity contribution in [3.63, 3.8) is 0 Å². The number of rotatable bonds is 3. The van der Waals surface area contributed by atoms with Crippen LogP contribution >= 0.6 is 0 Å². The molecule has 4 heteroatoms. The van der Waals surface area contributed by atoms with Crippen molar-refractivity contribution in [2.45, 2.75) is 44.1 Å². The van der Waals surface area contributed by atoms with Gasteiger partial charge in [0, 0.05) is 31.5 Å². The van der Waals surface area contributed by atoms with Crippen LogP contribution < -0.4 is 0 Å². The van der Waals surface area contributed by atoms with E-state index in [9.17, 15) is 9.90 Å². The van der Waals surface area contributed by atoms with Gasteiger partial charge < -0.3 is 9.84 Å². The lowest BCUT2D eigenvalue weighted by molar-refractivity contribution is -0.129. The van der Waals surface area contributed by atoms with Crippen LogP contribution in [0, 0.1) is 11.8 Å². The van der Waals surface area contributed by atoms with Crippen LogP contribution in [0.15, 0.2) is 0 Å². The van der Waals surface area contributed by atoms with Crippen molar-refractivity contribution in [1.82, 2.24) is 4.90 Å². The van der Waals surface area contributed by atoms with Crippen molar-refractivity contribution in [2.24, 2.45) is 11.8 Å². The van der Waals surface area contributed by atoms with Crippen LogP contribution in [-0.4, -0.2) is 54.2 Å². The molecule has 108 valence electrons. The Hall–Kier alpha value is -0.450. The first-order valence-electron chi connectivity index (χ1n) is 7.72. The zero-order valence-corrected chi connectivity index (χ0v) is 11.6. The van der Waals surface area contributed by atoms with E-state index in [1.807, 2.05) is 0 Å². The third kappa shape index (κ3) is 2.86. The second kappa shape index (κ2) is 5.51. The van der Waals surface area contributed by atoms with Gasteiger partial charge in [-0.05, 0) is 25.7 Å². The lowest BCUT2D eigenvalue weighted by atomic mass is 9.71. The summed E-state index contributed by atoms with van der Waals surface area (Å²) in [5.41, 5.74) is -0.436. The summed E-state index contributed by atoms with van der Waals surface area (Å²) in [4.78, 5) is 14.4. The second-order valence-corrected chi connectivity index (χ2v) is 6.56. The van der Waals surface area contributed by atoms with Gasteiger partial charge in [0.2, 0.25) is 0 Å². The second-order valence-electron chi connectivity index (χ2n) is 6.56. The Balaban J connectivity index is 1.54. The molecule has 4 nitrogen and oxygen atoms in total. The molecule has 1 N–H and O–H groups in total. The molecule has 0 aromatic carbocycles. The number of carbonyl (C=O) groups is 1. The normalized spacial score (nSPS) is 40.1. The van der Waals surface area contributed by atoms with Crippen molar-refractivity contribution < 1.29 is 14.6 Å². The molecule has 2 heterocycles. The summed E-state index contributed by atoms with van der Waals surface area (Å²) in [6.45, 7) is 3.67. The van der Waals surface area contributed by atoms with Crippen LogP contribution in [0.4, 0.5) is 0 Å². The third-order valence-corrected chi connectivity index (χ3v) is 5.28. The lowest BCUT2D eigenvalue weighted by Crippen LogP contribution is -2.54. The van der Waals surface area contributed by atoms with Crippen molar-refractivity contribution in [3.8, 4) is 0 Å². The molecule has 1 saturated carbocycles. The molecule has 0 aromatic rings. The van der Waals surface area contributed by atoms with Gasteiger partial charge >= 0.3 is 0 Å². The minimum atomic E-state index is -0.436. The van der Waals surface area contributed by atoms with Gasteiger partial charge in [0.1, 0.15) is 0 Å². The molecule has 0 radical (unpaired) electrons. The van der Waals surface area contributed by atoms with Gasteiger partial charge in [-0.15, -0.1) is 0 Å². The third-order valence-electron chi connectivity index (χ3n) is 5.28. The van der Waals surface area contributed by atoms with Crippen molar-refractivity contribution in [3.05, 3.63) is 0 Å². The van der Waals surface area contributed by atoms with E-state index in [2.05, 4.69) is 4.90 Å². The Bertz CT molecular complexity index is 340. The fourth-order valence-electron chi connectivity index (χ4n) is 3.92. The average molecular weight is 267 g/mol. The maximum atomic E-state index is 12.2. The van der Waals surface area contributed by atoms with Crippen LogP contribution in [0.3, 0.4) is 0 Å². The number of hydrogen-bond donors (Lipinski definition) is 1. The Labute approximate surface area is 115 Å². The molecule has 2 saturated heterocycles. The van der Waals surface area contributed by atoms with Gasteiger partial charge in [-0.1, -0.05) is 12.8 Å². The van der Waals surface area contributed by atoms with E-state index in [4.69, 9.17) is 4.74 Å². The van der Waals surface area contributed by atoms with Crippen LogP contribution in [-0.2, 0) is 9.53 Å². The SMILES string of the molecule is O=C(CN1CCC2(O)CCCCC2C1)C1CCOC1. The molecule has 0 spiro atoms. The molecule has 19 heavy (non-hydrogen) atoms. The zero-order valence-electron chi connectivity index (χ0n) is 11.6. The first-order valence-corrected chi connectivity index (χ1v) is 7.72. The fraction of sp³-hybridized carbons (Fsp3) is 0.933. The maximum absolute atomic E-state index is 12.2. The van der Waals surface area contributed by atoms with E-state index >= 15 is 0 Å². The van der Waals surface area contributed by atoms with Gasteiger partial charge in [0.15, 0.2) is 5.78 Å². The Morgan fingerprint density at radius 1 is 1.32 bits per heavy atom. The first kappa shape index (κ1) is 13.5. The van der Waals surface area contributed by atoms with Crippen molar-refractivity contribution >= 4 is 5.78 Å². The number of likely N-dealkylation sites (tertiary alicyclic amines) is 1. The number of aliphatic hydroxyl groups is 1. The number of nitrogens with zero attached hydrogens (tertiary/aromatic N) is 1. The highest BCUT2D eigenvalue weighted by molar-refractivity contribution is 5.83. The standard InChI is InChI=1S/C15H25NO3/c17-14(12-4-8-19-11-12)10-16-7-6-15(18)5-2-1-3-13(15)9-16/h12-13,18H,1-11H2. The van der Waals surface area contributed by atoms with Crippen LogP contribution in [0.5, 0.6) is 0 Å². The molecule has 3 aliphatic rings. The van der Waals surface area contributed by atoms with Crippen LogP contribution in [0.2, 0.25) is 0 Å². The highest BCUT2D eigenvalue weighted by Crippen LogP contribution is 2.39. The molecular weight excluding hydrogens is 242 g/mol. The number of ketones is 1. The molecule has 2 aliphatic heterocycles. The molecular formula is C15H25NO3. The smallest absolute Gasteiger partial charge is 0.152 e. The molecule has 3 atom stereocenters. The van der Waals surface area contributed by atoms with Crippen molar-refractivity contribution in [2.75, 3.05) is 32.8 Å². The molecule has 3 unspecified atom stereocenters. The quantitative estimate of drug-likeness (QED) is 0.835. The van der Waals surface area contributed by atoms with Gasteiger partial charge in [0.05, 0.1) is 18.8 Å². The minimum absolute atomic E-state index is 0.118. The first-order chi connectivity index (χ1) is 9.17. The number of fused-ring (bicyclic) bond motifs is 1. The predicted molar refractivity (Wildman–Crippen MR) is 71.9 cm³/mol. The number of hydrogen-bond acceptors (Lipinski definition) is 4. The van der Waals surface area contributed by atoms with Gasteiger partial charge in [0.25, 0.3) is 0 Å². The topological polar surface area (TPSA) is 49.8 Å². The molecule has 0 amide bonds. The summed E-state index contributed by atoms with van der Waals surface area (Å²) >= 11 is 0. The van der Waals surface area contributed by atoms with Crippen LogP contribution in [0.25, 0.3) is 0 Å². The number of carbonyl (C=O) groups excluding carboxylic acids is 1. The minimum Gasteiger partial charge on any atom is -0.390 e. The Morgan fingerprint density at radius 3 is 3.00 bits per heavy atom. The van der Waals surface area contributed by atoms with E-state index < -0.39 is 5.60 Å². The van der Waals surface area contributed by atoms with Crippen molar-refractivity contribution in [1.29, 1.82) is 0 Å². The fourth-order valence-corrected chi connectivity index (χ4v) is 3.92. The van der Waals surface area contributed by atoms with E-state index in [1.54, 1.807) is 0 Å². The number of piperidine rings is 1. The molecule has 3 rings (SSSR count). The monoisotopic (exact) mass is 267 g/mol. The van der Waals surface area contributed by atoms with E-state index in [0.717, 1.165) is 51.8 Å². The number of ether oxygens (including phenoxy) is 1. The van der Waals surface area contributed by atoms with E-state index in [-0.39, 0.29) is 5.92 Å². The van der Waals surface area contributed by atoms with Crippen LogP contribution in [0.1, 0.15) is 38.5 Å². The van der Waals surface area contributed by atoms with Gasteiger partial charge in [-0.25, -0.2) is 0 Å². The molecule has 1 aliphatic carbocycles. The van der Waals surface area contributed by atoms with E-state index in [0.29, 0.717) is 24.9 Å². The molecule has 0 bridgehead atoms. The largest absolute Gasteiger partial charge is 0.390 e. The highest BCUT2D eigenvalue weighted by Gasteiger charge is 2.43. The summed E-state index contributed by atoms with van der Waals surface area (Å²) < 4.78 is 5.29. The van der Waals surface area contributed by atoms with Gasteiger partial charge in [-0.3, -0.25) is 9.69 Å². The predicted octanol–water partition coefficient (Wildman–Crippen LogP) is 1.22. The lowest BCUT2D eigenvalue weighted by Gasteiger charge is -2.47. The highest BCUT2D eigenvalue weighted by atomic mass is 16.5. The molecule has 3 fully saturated rings.